The van der Waals surface area contributed by atoms with Gasteiger partial charge < -0.3 is 24.6 Å². The van der Waals surface area contributed by atoms with E-state index in [4.69, 9.17) is 9.47 Å². The summed E-state index contributed by atoms with van der Waals surface area (Å²) in [6, 6.07) is 13.5. The molecule has 2 fully saturated rings. The SMILES string of the molecule is CCOC(=O)NC1(CN2CCN(C(=O)OCc3ccccc3)CC2=O)CCN(c2ccnc(C)c2)CC1. The van der Waals surface area contributed by atoms with Gasteiger partial charge in [0, 0.05) is 50.3 Å². The topological polar surface area (TPSA) is 104 Å². The van der Waals surface area contributed by atoms with Crippen LogP contribution in [-0.2, 0) is 20.9 Å². The van der Waals surface area contributed by atoms with Crippen LogP contribution in [0, 0.1) is 6.92 Å². The van der Waals surface area contributed by atoms with Gasteiger partial charge in [0.1, 0.15) is 13.2 Å². The summed E-state index contributed by atoms with van der Waals surface area (Å²) in [6.45, 7) is 6.65. The summed E-state index contributed by atoms with van der Waals surface area (Å²) in [6.07, 6.45) is 2.12. The highest BCUT2D eigenvalue weighted by atomic mass is 16.6. The van der Waals surface area contributed by atoms with Gasteiger partial charge in [-0.2, -0.15) is 0 Å². The smallest absolute Gasteiger partial charge is 0.410 e. The molecule has 1 aromatic heterocycles. The molecule has 198 valence electrons. The Morgan fingerprint density at radius 1 is 1.05 bits per heavy atom. The number of alkyl carbamates (subject to hydrolysis) is 1. The molecule has 37 heavy (non-hydrogen) atoms. The zero-order valence-corrected chi connectivity index (χ0v) is 21.5. The lowest BCUT2D eigenvalue weighted by molar-refractivity contribution is -0.136. The van der Waals surface area contributed by atoms with Crippen LogP contribution in [0.1, 0.15) is 31.0 Å². The summed E-state index contributed by atoms with van der Waals surface area (Å²) in [5.74, 6) is -0.167. The van der Waals surface area contributed by atoms with Crippen LogP contribution >= 0.6 is 0 Å². The van der Waals surface area contributed by atoms with E-state index in [1.807, 2.05) is 49.4 Å². The van der Waals surface area contributed by atoms with E-state index < -0.39 is 17.7 Å². The van der Waals surface area contributed by atoms with Crippen molar-refractivity contribution in [3.05, 3.63) is 59.9 Å². The quantitative estimate of drug-likeness (QED) is 0.612. The summed E-state index contributed by atoms with van der Waals surface area (Å²) in [7, 11) is 0. The second-order valence-corrected chi connectivity index (χ2v) is 9.55. The number of carbonyl (C=O) groups excluding carboxylic acids is 3. The number of aromatic nitrogens is 1. The molecule has 1 aromatic carbocycles. The van der Waals surface area contributed by atoms with Crippen molar-refractivity contribution in [2.45, 2.75) is 38.8 Å². The fourth-order valence-corrected chi connectivity index (χ4v) is 4.83. The Hall–Kier alpha value is -3.82. The Bertz CT molecular complexity index is 1090. The number of amides is 3. The van der Waals surface area contributed by atoms with Crippen molar-refractivity contribution in [3.63, 3.8) is 0 Å². The van der Waals surface area contributed by atoms with Crippen molar-refractivity contribution in [1.29, 1.82) is 0 Å². The van der Waals surface area contributed by atoms with Crippen LogP contribution < -0.4 is 10.2 Å². The summed E-state index contributed by atoms with van der Waals surface area (Å²) in [5, 5.41) is 3.06. The van der Waals surface area contributed by atoms with Crippen molar-refractivity contribution >= 4 is 23.8 Å². The molecule has 10 nitrogen and oxygen atoms in total. The predicted molar refractivity (Wildman–Crippen MR) is 138 cm³/mol. The first kappa shape index (κ1) is 26.2. The van der Waals surface area contributed by atoms with E-state index in [0.29, 0.717) is 32.5 Å². The lowest BCUT2D eigenvalue weighted by Gasteiger charge is -2.46. The monoisotopic (exact) mass is 509 g/mol. The lowest BCUT2D eigenvalue weighted by atomic mass is 9.86. The zero-order chi connectivity index (χ0) is 26.3. The summed E-state index contributed by atoms with van der Waals surface area (Å²) in [5.41, 5.74) is 2.32. The van der Waals surface area contributed by atoms with E-state index in [9.17, 15) is 14.4 Å². The van der Waals surface area contributed by atoms with Crippen LogP contribution in [0.4, 0.5) is 15.3 Å². The Labute approximate surface area is 217 Å². The van der Waals surface area contributed by atoms with Gasteiger partial charge in [0.05, 0.1) is 12.1 Å². The second-order valence-electron chi connectivity index (χ2n) is 9.55. The standard InChI is InChI=1S/C27H35N5O5/c1-3-36-25(34)29-27(10-13-30(14-11-27)23-9-12-28-21(2)17-23)20-32-16-15-31(18-24(32)33)26(35)37-19-22-7-5-4-6-8-22/h4-9,12,17H,3,10-11,13-16,18-20H2,1-2H3,(H,29,34). The second kappa shape index (κ2) is 11.9. The molecule has 10 heteroatoms. The number of pyridine rings is 1. The number of piperazine rings is 1. The van der Waals surface area contributed by atoms with Crippen LogP contribution in [0.25, 0.3) is 0 Å². The van der Waals surface area contributed by atoms with Crippen LogP contribution in [0.5, 0.6) is 0 Å². The van der Waals surface area contributed by atoms with E-state index in [1.165, 1.54) is 4.90 Å². The van der Waals surface area contributed by atoms with Gasteiger partial charge >= 0.3 is 12.2 Å². The number of aryl methyl sites for hydroxylation is 1. The number of hydrogen-bond acceptors (Lipinski definition) is 7. The van der Waals surface area contributed by atoms with Crippen molar-refractivity contribution in [3.8, 4) is 0 Å². The molecule has 3 amide bonds. The van der Waals surface area contributed by atoms with E-state index >= 15 is 0 Å². The fourth-order valence-electron chi connectivity index (χ4n) is 4.83. The number of benzene rings is 1. The Morgan fingerprint density at radius 3 is 2.49 bits per heavy atom. The molecule has 0 spiro atoms. The molecule has 0 radical (unpaired) electrons. The molecular weight excluding hydrogens is 474 g/mol. The lowest BCUT2D eigenvalue weighted by Crippen LogP contribution is -2.64. The highest BCUT2D eigenvalue weighted by Gasteiger charge is 2.41. The van der Waals surface area contributed by atoms with Gasteiger partial charge in [0.25, 0.3) is 0 Å². The number of anilines is 1. The number of nitrogens with zero attached hydrogens (tertiary/aromatic N) is 4. The molecule has 0 atom stereocenters. The van der Waals surface area contributed by atoms with Crippen LogP contribution in [-0.4, -0.2) is 84.3 Å². The van der Waals surface area contributed by atoms with E-state index in [0.717, 1.165) is 30.0 Å². The van der Waals surface area contributed by atoms with Gasteiger partial charge in [0.15, 0.2) is 0 Å². The van der Waals surface area contributed by atoms with Gasteiger partial charge in [-0.05, 0) is 44.4 Å². The highest BCUT2D eigenvalue weighted by Crippen LogP contribution is 2.28. The van der Waals surface area contributed by atoms with E-state index in [1.54, 1.807) is 18.0 Å². The minimum absolute atomic E-state index is 0.0501. The van der Waals surface area contributed by atoms with E-state index in [2.05, 4.69) is 15.2 Å². The first-order chi connectivity index (χ1) is 17.9. The molecule has 0 bridgehead atoms. The van der Waals surface area contributed by atoms with Crippen LogP contribution in [0.2, 0.25) is 0 Å². The number of rotatable bonds is 7. The Balaban J connectivity index is 1.36. The minimum Gasteiger partial charge on any atom is -0.450 e. The van der Waals surface area contributed by atoms with Gasteiger partial charge in [0.2, 0.25) is 5.91 Å². The maximum absolute atomic E-state index is 13.0. The Kier molecular flexibility index (Phi) is 8.47. The highest BCUT2D eigenvalue weighted by molar-refractivity contribution is 5.83. The fraction of sp³-hybridized carbons (Fsp3) is 0.481. The van der Waals surface area contributed by atoms with Crippen molar-refractivity contribution in [1.82, 2.24) is 20.1 Å². The number of hydrogen-bond donors (Lipinski definition) is 1. The third-order valence-electron chi connectivity index (χ3n) is 6.88. The summed E-state index contributed by atoms with van der Waals surface area (Å²) >= 11 is 0. The summed E-state index contributed by atoms with van der Waals surface area (Å²) in [4.78, 5) is 47.7. The van der Waals surface area contributed by atoms with E-state index in [-0.39, 0.29) is 25.7 Å². The molecule has 1 N–H and O–H groups in total. The van der Waals surface area contributed by atoms with Crippen LogP contribution in [0.15, 0.2) is 48.7 Å². The van der Waals surface area contributed by atoms with Gasteiger partial charge in [-0.15, -0.1) is 0 Å². The molecule has 3 heterocycles. The molecule has 0 aliphatic carbocycles. The van der Waals surface area contributed by atoms with Gasteiger partial charge in [-0.25, -0.2) is 9.59 Å². The average Bonchev–Trinajstić information content (AvgIpc) is 2.89. The maximum Gasteiger partial charge on any atom is 0.410 e. The molecule has 0 unspecified atom stereocenters. The molecule has 2 aromatic rings. The average molecular weight is 510 g/mol. The third kappa shape index (κ3) is 6.90. The zero-order valence-electron chi connectivity index (χ0n) is 21.5. The minimum atomic E-state index is -0.615. The summed E-state index contributed by atoms with van der Waals surface area (Å²) < 4.78 is 10.6. The number of ether oxygens (including phenoxy) is 2. The molecule has 2 aliphatic heterocycles. The predicted octanol–water partition coefficient (Wildman–Crippen LogP) is 2.96. The molecule has 0 saturated carbocycles. The number of piperidine rings is 1. The first-order valence-electron chi connectivity index (χ1n) is 12.7. The van der Waals surface area contributed by atoms with Gasteiger partial charge in [-0.3, -0.25) is 14.7 Å². The molecular formula is C27H35N5O5. The number of carbonyl (C=O) groups is 3. The third-order valence-corrected chi connectivity index (χ3v) is 6.88. The molecule has 2 saturated heterocycles. The van der Waals surface area contributed by atoms with Crippen LogP contribution in [0.3, 0.4) is 0 Å². The maximum atomic E-state index is 13.0. The molecule has 4 rings (SSSR count). The van der Waals surface area contributed by atoms with Crippen molar-refractivity contribution < 1.29 is 23.9 Å². The largest absolute Gasteiger partial charge is 0.450 e. The van der Waals surface area contributed by atoms with Crippen molar-refractivity contribution in [2.24, 2.45) is 0 Å². The van der Waals surface area contributed by atoms with Gasteiger partial charge in [-0.1, -0.05) is 30.3 Å². The molecule has 2 aliphatic rings. The van der Waals surface area contributed by atoms with Crippen molar-refractivity contribution in [2.75, 3.05) is 50.8 Å². The number of nitrogens with one attached hydrogen (secondary N) is 1. The normalized spacial score (nSPS) is 17.4. The Morgan fingerprint density at radius 2 is 1.81 bits per heavy atom. The first-order valence-corrected chi connectivity index (χ1v) is 12.7.